The van der Waals surface area contributed by atoms with E-state index in [1.807, 2.05) is 37.8 Å². The highest BCUT2D eigenvalue weighted by molar-refractivity contribution is 7.97. The van der Waals surface area contributed by atoms with Gasteiger partial charge in [-0.05, 0) is 109 Å². The van der Waals surface area contributed by atoms with E-state index in [4.69, 9.17) is 21.1 Å². The molecular weight excluding hydrogens is 707 g/mol. The number of carbonyl (C=O) groups is 2. The van der Waals surface area contributed by atoms with Crippen LogP contribution in [0, 0.1) is 11.3 Å². The molecule has 16 heteroatoms. The molecule has 2 fully saturated rings. The Bertz CT molecular complexity index is 1590. The van der Waals surface area contributed by atoms with E-state index >= 15 is 0 Å². The van der Waals surface area contributed by atoms with Gasteiger partial charge in [-0.2, -0.15) is 18.6 Å². The highest BCUT2D eigenvalue weighted by Gasteiger charge is 2.62. The van der Waals surface area contributed by atoms with E-state index in [1.165, 1.54) is 11.1 Å². The van der Waals surface area contributed by atoms with Crippen LogP contribution in [-0.4, -0.2) is 70.1 Å². The van der Waals surface area contributed by atoms with E-state index in [2.05, 4.69) is 39.3 Å². The fourth-order valence-electron chi connectivity index (χ4n) is 6.28. The molecule has 0 aromatic carbocycles. The van der Waals surface area contributed by atoms with E-state index < -0.39 is 29.3 Å². The van der Waals surface area contributed by atoms with Gasteiger partial charge in [0.05, 0.1) is 11.0 Å². The monoisotopic (exact) mass is 753 g/mol. The largest absolute Gasteiger partial charge is 0.444 e. The van der Waals surface area contributed by atoms with E-state index in [-0.39, 0.29) is 48.2 Å². The summed E-state index contributed by atoms with van der Waals surface area (Å²) < 4.78 is 53.5. The van der Waals surface area contributed by atoms with Gasteiger partial charge in [0.25, 0.3) is 5.91 Å². The maximum absolute atomic E-state index is 13.2. The van der Waals surface area contributed by atoms with Gasteiger partial charge in [-0.3, -0.25) is 14.5 Å². The van der Waals surface area contributed by atoms with Crippen LogP contribution in [0.5, 0.6) is 0 Å². The minimum absolute atomic E-state index is 0.0203. The third-order valence-electron chi connectivity index (χ3n) is 9.23. The van der Waals surface area contributed by atoms with Crippen LogP contribution in [0.3, 0.4) is 0 Å². The van der Waals surface area contributed by atoms with Crippen LogP contribution in [0.2, 0.25) is 5.15 Å². The van der Waals surface area contributed by atoms with Crippen molar-refractivity contribution in [2.24, 2.45) is 11.3 Å². The zero-order chi connectivity index (χ0) is 37.0. The number of unbranched alkanes of at least 4 members (excludes halogenated alkanes) is 1. The summed E-state index contributed by atoms with van der Waals surface area (Å²) in [7, 11) is 0. The standard InChI is InChI=1S/C35H47ClF3N7O4S/c1-32(2,3)50-31(48)45-22-23(21-33(45,4)5)9-6-7-18-40-25-10-8-11-28(41-25)51-44-30(47)24-12-13-26(42-29(24)36)46-19-14-27(43-46)49-20-17-34(15-16-34)35(37,38)39/h8,10-14,19,23,27,43H,6-7,9,15-18,20-22H2,1-5H3,(H,40,41)(H,44,47). The first-order chi connectivity index (χ1) is 23.9. The molecule has 1 saturated carbocycles. The summed E-state index contributed by atoms with van der Waals surface area (Å²) in [6.07, 6.45) is 2.35. The molecule has 2 aromatic rings. The normalized spacial score (nSPS) is 20.8. The number of carbonyl (C=O) groups excluding carboxylic acids is 2. The van der Waals surface area contributed by atoms with Gasteiger partial charge in [0.1, 0.15) is 33.6 Å². The average Bonchev–Trinajstić information content (AvgIpc) is 3.59. The second-order valence-electron chi connectivity index (χ2n) is 15.0. The molecule has 0 spiro atoms. The average molecular weight is 754 g/mol. The lowest BCUT2D eigenvalue weighted by molar-refractivity contribution is -0.192. The van der Waals surface area contributed by atoms with Crippen molar-refractivity contribution in [1.29, 1.82) is 0 Å². The lowest BCUT2D eigenvalue weighted by Crippen LogP contribution is -2.45. The lowest BCUT2D eigenvalue weighted by atomic mass is 9.93. The summed E-state index contributed by atoms with van der Waals surface area (Å²) in [6, 6.07) is 8.65. The van der Waals surface area contributed by atoms with Gasteiger partial charge in [-0.25, -0.2) is 14.8 Å². The van der Waals surface area contributed by atoms with Crippen molar-refractivity contribution in [1.82, 2.24) is 25.0 Å². The molecule has 3 N–H and O–H groups in total. The van der Waals surface area contributed by atoms with Crippen LogP contribution in [0.1, 0.15) is 89.9 Å². The number of hydrogen-bond acceptors (Lipinski definition) is 10. The Labute approximate surface area is 306 Å². The number of hydrogen-bond donors (Lipinski definition) is 3. The number of hydrazine groups is 1. The second-order valence-corrected chi connectivity index (χ2v) is 16.1. The van der Waals surface area contributed by atoms with Crippen molar-refractivity contribution in [3.8, 4) is 0 Å². The molecule has 51 heavy (non-hydrogen) atoms. The van der Waals surface area contributed by atoms with Crippen LogP contribution in [0.25, 0.3) is 0 Å². The van der Waals surface area contributed by atoms with E-state index in [0.717, 1.165) is 44.2 Å². The fourth-order valence-corrected chi connectivity index (χ4v) is 7.11. The van der Waals surface area contributed by atoms with E-state index in [1.54, 1.807) is 24.4 Å². The van der Waals surface area contributed by atoms with Crippen molar-refractivity contribution >= 4 is 47.2 Å². The van der Waals surface area contributed by atoms with E-state index in [9.17, 15) is 22.8 Å². The molecule has 2 unspecified atom stereocenters. The van der Waals surface area contributed by atoms with Crippen LogP contribution in [0.15, 0.2) is 47.6 Å². The smallest absolute Gasteiger partial charge is 0.410 e. The molecule has 2 aromatic heterocycles. The third-order valence-corrected chi connectivity index (χ3v) is 10.2. The number of nitrogens with one attached hydrogen (secondary N) is 3. The van der Waals surface area contributed by atoms with Crippen molar-refractivity contribution in [3.05, 3.63) is 53.3 Å². The number of pyridine rings is 2. The molecule has 0 radical (unpaired) electrons. The number of aromatic nitrogens is 2. The number of rotatable bonds is 14. The van der Waals surface area contributed by atoms with Crippen LogP contribution >= 0.6 is 23.5 Å². The number of nitrogens with zero attached hydrogens (tertiary/aromatic N) is 4. The number of likely N-dealkylation sites (tertiary alicyclic amines) is 1. The number of ether oxygens (including phenoxy) is 2. The summed E-state index contributed by atoms with van der Waals surface area (Å²) >= 11 is 7.42. The molecule has 0 bridgehead atoms. The molecular formula is C35H47ClF3N7O4S. The molecule has 4 heterocycles. The molecule has 3 aliphatic rings. The summed E-state index contributed by atoms with van der Waals surface area (Å²) in [4.78, 5) is 36.4. The maximum atomic E-state index is 13.2. The molecule has 11 nitrogen and oxygen atoms in total. The summed E-state index contributed by atoms with van der Waals surface area (Å²) in [5.41, 5.74) is 0.794. The van der Waals surface area contributed by atoms with Crippen molar-refractivity contribution in [2.45, 2.75) is 108 Å². The summed E-state index contributed by atoms with van der Waals surface area (Å²) in [5, 5.41) is 5.44. The van der Waals surface area contributed by atoms with Gasteiger partial charge in [-0.1, -0.05) is 24.1 Å². The Hall–Kier alpha value is -3.27. The van der Waals surface area contributed by atoms with Gasteiger partial charge in [0.2, 0.25) is 0 Å². The minimum Gasteiger partial charge on any atom is -0.444 e. The first-order valence-electron chi connectivity index (χ1n) is 17.2. The van der Waals surface area contributed by atoms with Crippen LogP contribution in [-0.2, 0) is 9.47 Å². The Kier molecular flexibility index (Phi) is 12.0. The molecule has 1 saturated heterocycles. The number of halogens is 4. The molecule has 1 aliphatic carbocycles. The van der Waals surface area contributed by atoms with Crippen LogP contribution < -0.4 is 20.5 Å². The predicted octanol–water partition coefficient (Wildman–Crippen LogP) is 8.10. The molecule has 280 valence electrons. The number of anilines is 2. The fraction of sp³-hybridized carbons (Fsp3) is 0.600. The highest BCUT2D eigenvalue weighted by Crippen LogP contribution is 2.59. The topological polar surface area (TPSA) is 121 Å². The SMILES string of the molecule is CC(C)(C)OC(=O)N1CC(CCCCNc2cccc(SNC(=O)c3ccc(N4C=CC(OCCC5(C(F)(F)F)CC5)N4)nc3Cl)n2)CC1(C)C. The van der Waals surface area contributed by atoms with Gasteiger partial charge in [-0.15, -0.1) is 0 Å². The minimum atomic E-state index is -4.21. The predicted molar refractivity (Wildman–Crippen MR) is 191 cm³/mol. The summed E-state index contributed by atoms with van der Waals surface area (Å²) in [6.45, 7) is 11.2. The number of amides is 2. The quantitative estimate of drug-likeness (QED) is 0.0992. The zero-order valence-corrected chi connectivity index (χ0v) is 31.2. The third kappa shape index (κ3) is 10.4. The van der Waals surface area contributed by atoms with E-state index in [0.29, 0.717) is 29.1 Å². The Morgan fingerprint density at radius 2 is 1.88 bits per heavy atom. The van der Waals surface area contributed by atoms with Crippen molar-refractivity contribution in [2.75, 3.05) is 30.0 Å². The van der Waals surface area contributed by atoms with Gasteiger partial charge in [0, 0.05) is 43.4 Å². The second kappa shape index (κ2) is 15.8. The van der Waals surface area contributed by atoms with Crippen molar-refractivity contribution < 1.29 is 32.2 Å². The van der Waals surface area contributed by atoms with Gasteiger partial charge < -0.3 is 19.7 Å². The first kappa shape index (κ1) is 38.9. The molecule has 5 rings (SSSR count). The van der Waals surface area contributed by atoms with Crippen LogP contribution in [0.4, 0.5) is 29.6 Å². The molecule has 2 amide bonds. The van der Waals surface area contributed by atoms with Gasteiger partial charge >= 0.3 is 12.3 Å². The lowest BCUT2D eigenvalue weighted by Gasteiger charge is -2.33. The Morgan fingerprint density at radius 1 is 1.12 bits per heavy atom. The Balaban J connectivity index is 1.01. The molecule has 2 aliphatic heterocycles. The zero-order valence-electron chi connectivity index (χ0n) is 29.6. The Morgan fingerprint density at radius 3 is 2.57 bits per heavy atom. The first-order valence-corrected chi connectivity index (χ1v) is 18.4. The maximum Gasteiger partial charge on any atom is 0.410 e. The summed E-state index contributed by atoms with van der Waals surface area (Å²) in [5.74, 6) is 1.05. The van der Waals surface area contributed by atoms with Crippen molar-refractivity contribution in [3.63, 3.8) is 0 Å². The molecule has 2 atom stereocenters. The highest BCUT2D eigenvalue weighted by atomic mass is 35.5. The van der Waals surface area contributed by atoms with Gasteiger partial charge in [0.15, 0.2) is 0 Å². The number of alkyl halides is 3.